The van der Waals surface area contributed by atoms with Crippen LogP contribution in [0.5, 0.6) is 0 Å². The number of hydrogen-bond donors (Lipinski definition) is 2. The fourth-order valence-corrected chi connectivity index (χ4v) is 1.74. The molecule has 1 heterocycles. The Hall–Kier alpha value is -1.06. The van der Waals surface area contributed by atoms with Gasteiger partial charge in [-0.1, -0.05) is 0 Å². The van der Waals surface area contributed by atoms with E-state index in [1.165, 1.54) is 0 Å². The van der Waals surface area contributed by atoms with Crippen LogP contribution in [0, 0.1) is 11.8 Å². The van der Waals surface area contributed by atoms with Gasteiger partial charge in [-0.05, 0) is 18.3 Å². The van der Waals surface area contributed by atoms with Crippen LogP contribution in [0.1, 0.15) is 12.8 Å². The smallest absolute Gasteiger partial charge is 0.326 e. The Balaban J connectivity index is 2.10. The molecule has 1 saturated carbocycles. The van der Waals surface area contributed by atoms with Crippen molar-refractivity contribution >= 4 is 11.9 Å². The summed E-state index contributed by atoms with van der Waals surface area (Å²) in [6.07, 6.45) is 1.42. The normalized spacial score (nSPS) is 40.7. The lowest BCUT2D eigenvalue weighted by atomic mass is 10.1. The molecule has 0 aromatic carbocycles. The third-order valence-electron chi connectivity index (χ3n) is 2.44. The summed E-state index contributed by atoms with van der Waals surface area (Å²) < 4.78 is 0. The van der Waals surface area contributed by atoms with Crippen molar-refractivity contribution in [2.24, 2.45) is 11.8 Å². The minimum Gasteiger partial charge on any atom is -0.480 e. The first-order valence-electron chi connectivity index (χ1n) is 3.70. The highest BCUT2D eigenvalue weighted by Gasteiger charge is 2.51. The number of amides is 1. The molecular weight excluding hydrogens is 146 g/mol. The zero-order chi connectivity index (χ0) is 8.01. The van der Waals surface area contributed by atoms with Gasteiger partial charge in [0.05, 0.1) is 0 Å². The summed E-state index contributed by atoms with van der Waals surface area (Å²) in [6, 6.07) is -0.610. The number of hydrogen-bond acceptors (Lipinski definition) is 2. The van der Waals surface area contributed by atoms with Crippen LogP contribution in [0.25, 0.3) is 0 Å². The van der Waals surface area contributed by atoms with Gasteiger partial charge in [-0.15, -0.1) is 0 Å². The highest BCUT2D eigenvalue weighted by molar-refractivity contribution is 5.86. The predicted octanol–water partition coefficient (Wildman–Crippen LogP) is -0.404. The molecule has 1 amide bonds. The SMILES string of the molecule is O=C1CC2C[C@@H]2C(C(=O)O)N1. The number of carbonyl (C=O) groups excluding carboxylic acids is 1. The summed E-state index contributed by atoms with van der Waals surface area (Å²) in [5, 5.41) is 11.1. The number of carbonyl (C=O) groups is 2. The van der Waals surface area contributed by atoms with Gasteiger partial charge in [-0.2, -0.15) is 0 Å². The quantitative estimate of drug-likeness (QED) is 0.541. The Morgan fingerprint density at radius 1 is 1.64 bits per heavy atom. The molecule has 1 aliphatic carbocycles. The summed E-state index contributed by atoms with van der Waals surface area (Å²) in [6.45, 7) is 0. The summed E-state index contributed by atoms with van der Waals surface area (Å²) in [4.78, 5) is 21.4. The molecule has 60 valence electrons. The maximum Gasteiger partial charge on any atom is 0.326 e. The van der Waals surface area contributed by atoms with Crippen molar-refractivity contribution in [3.8, 4) is 0 Å². The van der Waals surface area contributed by atoms with Gasteiger partial charge in [0.25, 0.3) is 0 Å². The second kappa shape index (κ2) is 1.96. The Morgan fingerprint density at radius 2 is 2.36 bits per heavy atom. The Bertz CT molecular complexity index is 224. The molecule has 4 heteroatoms. The minimum atomic E-state index is -0.898. The average molecular weight is 155 g/mol. The molecule has 1 saturated heterocycles. The van der Waals surface area contributed by atoms with Crippen LogP contribution in [0.2, 0.25) is 0 Å². The van der Waals surface area contributed by atoms with Gasteiger partial charge >= 0.3 is 5.97 Å². The standard InChI is InChI=1S/C7H9NO3/c9-5-2-3-1-4(3)6(8-5)7(10)11/h3-4,6H,1-2H2,(H,8,9)(H,10,11)/t3?,4-,6?/m0/s1. The molecule has 2 rings (SSSR count). The van der Waals surface area contributed by atoms with E-state index in [0.717, 1.165) is 6.42 Å². The average Bonchev–Trinajstić information content (AvgIpc) is 2.63. The number of piperidine rings is 1. The van der Waals surface area contributed by atoms with Crippen molar-refractivity contribution in [3.05, 3.63) is 0 Å². The third kappa shape index (κ3) is 0.982. The summed E-state index contributed by atoms with van der Waals surface area (Å²) in [5.74, 6) is -0.447. The van der Waals surface area contributed by atoms with Crippen LogP contribution in [-0.2, 0) is 9.59 Å². The molecule has 2 aliphatic rings. The molecule has 2 fully saturated rings. The first-order chi connectivity index (χ1) is 5.18. The zero-order valence-corrected chi connectivity index (χ0v) is 5.91. The van der Waals surface area contributed by atoms with E-state index < -0.39 is 12.0 Å². The summed E-state index contributed by atoms with van der Waals surface area (Å²) >= 11 is 0. The molecule has 2 unspecified atom stereocenters. The Morgan fingerprint density at radius 3 is 3.00 bits per heavy atom. The van der Waals surface area contributed by atoms with Crippen molar-refractivity contribution in [3.63, 3.8) is 0 Å². The summed E-state index contributed by atoms with van der Waals surface area (Å²) in [5.41, 5.74) is 0. The number of aliphatic carboxylic acids is 1. The highest BCUT2D eigenvalue weighted by Crippen LogP contribution is 2.46. The number of nitrogens with one attached hydrogen (secondary N) is 1. The van der Waals surface area contributed by atoms with Crippen LogP contribution in [0.15, 0.2) is 0 Å². The van der Waals surface area contributed by atoms with E-state index >= 15 is 0 Å². The maximum absolute atomic E-state index is 10.8. The van der Waals surface area contributed by atoms with E-state index in [4.69, 9.17) is 5.11 Å². The molecule has 0 aromatic rings. The monoisotopic (exact) mass is 155 g/mol. The molecular formula is C7H9NO3. The molecule has 0 aromatic heterocycles. The van der Waals surface area contributed by atoms with Crippen LogP contribution >= 0.6 is 0 Å². The fourth-order valence-electron chi connectivity index (χ4n) is 1.74. The van der Waals surface area contributed by atoms with Crippen molar-refractivity contribution in [1.82, 2.24) is 5.32 Å². The fraction of sp³-hybridized carbons (Fsp3) is 0.714. The molecule has 3 atom stereocenters. The van der Waals surface area contributed by atoms with Gasteiger partial charge < -0.3 is 10.4 Å². The number of carboxylic acids is 1. The van der Waals surface area contributed by atoms with Crippen LogP contribution in [-0.4, -0.2) is 23.0 Å². The first-order valence-corrected chi connectivity index (χ1v) is 3.70. The van der Waals surface area contributed by atoms with Crippen molar-refractivity contribution in [2.75, 3.05) is 0 Å². The van der Waals surface area contributed by atoms with Crippen LogP contribution < -0.4 is 5.32 Å². The van der Waals surface area contributed by atoms with Gasteiger partial charge in [0.15, 0.2) is 0 Å². The third-order valence-corrected chi connectivity index (χ3v) is 2.44. The molecule has 2 N–H and O–H groups in total. The largest absolute Gasteiger partial charge is 0.480 e. The van der Waals surface area contributed by atoms with Crippen molar-refractivity contribution in [2.45, 2.75) is 18.9 Å². The second-order valence-corrected chi connectivity index (χ2v) is 3.25. The molecule has 0 radical (unpaired) electrons. The Labute approximate surface area is 63.6 Å². The minimum absolute atomic E-state index is 0.115. The van der Waals surface area contributed by atoms with E-state index in [2.05, 4.69) is 5.32 Å². The van der Waals surface area contributed by atoms with E-state index in [0.29, 0.717) is 12.3 Å². The first kappa shape index (κ1) is 6.64. The van der Waals surface area contributed by atoms with E-state index in [9.17, 15) is 9.59 Å². The van der Waals surface area contributed by atoms with E-state index in [-0.39, 0.29) is 11.8 Å². The molecule has 1 aliphatic heterocycles. The summed E-state index contributed by atoms with van der Waals surface area (Å²) in [7, 11) is 0. The molecule has 0 bridgehead atoms. The number of fused-ring (bicyclic) bond motifs is 1. The lowest BCUT2D eigenvalue weighted by molar-refractivity contribution is -0.143. The predicted molar refractivity (Wildman–Crippen MR) is 35.8 cm³/mol. The lowest BCUT2D eigenvalue weighted by Crippen LogP contribution is -2.45. The van der Waals surface area contributed by atoms with Gasteiger partial charge in [-0.25, -0.2) is 4.79 Å². The molecule has 11 heavy (non-hydrogen) atoms. The topological polar surface area (TPSA) is 66.4 Å². The van der Waals surface area contributed by atoms with Gasteiger partial charge in [0.2, 0.25) is 5.91 Å². The highest BCUT2D eigenvalue weighted by atomic mass is 16.4. The second-order valence-electron chi connectivity index (χ2n) is 3.25. The lowest BCUT2D eigenvalue weighted by Gasteiger charge is -2.18. The van der Waals surface area contributed by atoms with Crippen molar-refractivity contribution in [1.29, 1.82) is 0 Å². The molecule has 4 nitrogen and oxygen atoms in total. The van der Waals surface area contributed by atoms with Crippen LogP contribution in [0.3, 0.4) is 0 Å². The maximum atomic E-state index is 10.8. The van der Waals surface area contributed by atoms with Gasteiger partial charge in [-0.3, -0.25) is 4.79 Å². The van der Waals surface area contributed by atoms with Gasteiger partial charge in [0.1, 0.15) is 6.04 Å². The number of rotatable bonds is 1. The zero-order valence-electron chi connectivity index (χ0n) is 5.91. The Kier molecular flexibility index (Phi) is 1.19. The molecule has 0 spiro atoms. The number of carboxylic acid groups (broad SMARTS) is 1. The van der Waals surface area contributed by atoms with E-state index in [1.54, 1.807) is 0 Å². The van der Waals surface area contributed by atoms with Gasteiger partial charge in [0, 0.05) is 6.42 Å². The van der Waals surface area contributed by atoms with Crippen LogP contribution in [0.4, 0.5) is 0 Å². The van der Waals surface area contributed by atoms with E-state index in [1.807, 2.05) is 0 Å². The van der Waals surface area contributed by atoms with Crippen molar-refractivity contribution < 1.29 is 14.7 Å².